The Balaban J connectivity index is 0.00000144. The molecule has 0 spiro atoms. The van der Waals surface area contributed by atoms with Crippen molar-refractivity contribution >= 4 is 23.4 Å². The van der Waals surface area contributed by atoms with Crippen molar-refractivity contribution in [2.45, 2.75) is 26.0 Å². The molecule has 0 bridgehead atoms. The van der Waals surface area contributed by atoms with Crippen molar-refractivity contribution in [3.63, 3.8) is 0 Å². The monoisotopic (exact) mass is 255 g/mol. The van der Waals surface area contributed by atoms with Crippen molar-refractivity contribution in [1.82, 2.24) is 0 Å². The van der Waals surface area contributed by atoms with Crippen LogP contribution in [0.2, 0.25) is 0 Å². The molecular formula is C13H18ClNO2. The zero-order chi connectivity index (χ0) is 11.5. The predicted molar refractivity (Wildman–Crippen MR) is 71.5 cm³/mol. The third-order valence-corrected chi connectivity index (χ3v) is 2.54. The first-order chi connectivity index (χ1) is 7.70. The molecule has 0 radical (unpaired) electrons. The van der Waals surface area contributed by atoms with Crippen LogP contribution in [0, 0.1) is 0 Å². The largest absolute Gasteiger partial charge is 0.464 e. The molecule has 4 heteroatoms. The number of nitrogens with two attached hydrogens (primary N) is 1. The van der Waals surface area contributed by atoms with Crippen molar-refractivity contribution in [3.05, 3.63) is 35.6 Å². The van der Waals surface area contributed by atoms with Crippen molar-refractivity contribution in [2.24, 2.45) is 5.73 Å². The van der Waals surface area contributed by atoms with Gasteiger partial charge < -0.3 is 14.9 Å². The molecule has 1 atom stereocenters. The van der Waals surface area contributed by atoms with Crippen molar-refractivity contribution in [1.29, 1.82) is 0 Å². The van der Waals surface area contributed by atoms with E-state index in [0.29, 0.717) is 6.61 Å². The Labute approximate surface area is 107 Å². The van der Waals surface area contributed by atoms with E-state index in [9.17, 15) is 0 Å². The van der Waals surface area contributed by atoms with Crippen LogP contribution < -0.4 is 5.73 Å². The van der Waals surface area contributed by atoms with Crippen molar-refractivity contribution in [2.75, 3.05) is 7.11 Å². The number of furan rings is 1. The Morgan fingerprint density at radius 1 is 1.41 bits per heavy atom. The van der Waals surface area contributed by atoms with E-state index in [0.717, 1.165) is 28.5 Å². The number of methoxy groups -OCH3 is 1. The summed E-state index contributed by atoms with van der Waals surface area (Å²) in [7, 11) is 1.70. The summed E-state index contributed by atoms with van der Waals surface area (Å²) in [6.07, 6.45) is 2.54. The Hall–Kier alpha value is -1.03. The summed E-state index contributed by atoms with van der Waals surface area (Å²) in [4.78, 5) is 0. The normalized spacial score (nSPS) is 12.4. The van der Waals surface area contributed by atoms with E-state index in [1.54, 1.807) is 13.4 Å². The average molecular weight is 256 g/mol. The Morgan fingerprint density at radius 3 is 2.82 bits per heavy atom. The van der Waals surface area contributed by atoms with Gasteiger partial charge in [-0.15, -0.1) is 12.4 Å². The van der Waals surface area contributed by atoms with Crippen LogP contribution in [0.5, 0.6) is 0 Å². The fraction of sp³-hybridized carbons (Fsp3) is 0.385. The first-order valence-electron chi connectivity index (χ1n) is 5.44. The summed E-state index contributed by atoms with van der Waals surface area (Å²) in [5.41, 5.74) is 9.09. The molecule has 2 N–H and O–H groups in total. The van der Waals surface area contributed by atoms with Gasteiger partial charge in [-0.3, -0.25) is 0 Å². The maximum atomic E-state index is 5.84. The van der Waals surface area contributed by atoms with Crippen LogP contribution in [0.3, 0.4) is 0 Å². The maximum absolute atomic E-state index is 5.84. The van der Waals surface area contributed by atoms with E-state index in [1.165, 1.54) is 0 Å². The lowest BCUT2D eigenvalue weighted by molar-refractivity contribution is 0.185. The summed E-state index contributed by atoms with van der Waals surface area (Å²) < 4.78 is 10.6. The van der Waals surface area contributed by atoms with Crippen LogP contribution in [0.15, 0.2) is 28.9 Å². The number of benzene rings is 1. The molecule has 17 heavy (non-hydrogen) atoms. The highest BCUT2D eigenvalue weighted by atomic mass is 35.5. The van der Waals surface area contributed by atoms with Crippen molar-refractivity contribution in [3.8, 4) is 0 Å². The topological polar surface area (TPSA) is 48.4 Å². The van der Waals surface area contributed by atoms with Crippen LogP contribution >= 0.6 is 12.4 Å². The second-order valence-corrected chi connectivity index (χ2v) is 4.21. The molecule has 2 aromatic rings. The van der Waals surface area contributed by atoms with Crippen LogP contribution in [0.4, 0.5) is 0 Å². The number of hydrogen-bond donors (Lipinski definition) is 1. The number of ether oxygens (including phenoxy) is 1. The highest BCUT2D eigenvalue weighted by Crippen LogP contribution is 2.23. The van der Waals surface area contributed by atoms with Gasteiger partial charge in [0, 0.05) is 18.5 Å². The number of hydrogen-bond acceptors (Lipinski definition) is 3. The van der Waals surface area contributed by atoms with E-state index in [1.807, 2.05) is 13.0 Å². The maximum Gasteiger partial charge on any atom is 0.137 e. The minimum absolute atomic E-state index is 0. The Morgan fingerprint density at radius 2 is 2.18 bits per heavy atom. The van der Waals surface area contributed by atoms with Gasteiger partial charge in [-0.2, -0.15) is 0 Å². The molecule has 2 rings (SSSR count). The molecule has 1 aromatic heterocycles. The SMILES string of the molecule is COCc1cc(CC(C)N)c2occc2c1.Cl. The third-order valence-electron chi connectivity index (χ3n) is 2.54. The van der Waals surface area contributed by atoms with Gasteiger partial charge in [0.1, 0.15) is 5.58 Å². The zero-order valence-electron chi connectivity index (χ0n) is 10.1. The van der Waals surface area contributed by atoms with Crippen LogP contribution in [0.25, 0.3) is 11.0 Å². The second-order valence-electron chi connectivity index (χ2n) is 4.21. The van der Waals surface area contributed by atoms with Gasteiger partial charge in [-0.1, -0.05) is 0 Å². The van der Waals surface area contributed by atoms with Gasteiger partial charge in [0.2, 0.25) is 0 Å². The van der Waals surface area contributed by atoms with Gasteiger partial charge in [0.15, 0.2) is 0 Å². The molecule has 0 saturated carbocycles. The van der Waals surface area contributed by atoms with Gasteiger partial charge in [-0.25, -0.2) is 0 Å². The van der Waals surface area contributed by atoms with Crippen LogP contribution in [0.1, 0.15) is 18.1 Å². The number of halogens is 1. The lowest BCUT2D eigenvalue weighted by Crippen LogP contribution is -2.18. The van der Waals surface area contributed by atoms with Gasteiger partial charge in [0.05, 0.1) is 12.9 Å². The summed E-state index contributed by atoms with van der Waals surface area (Å²) >= 11 is 0. The molecule has 0 aliphatic rings. The predicted octanol–water partition coefficient (Wildman–Crippen LogP) is 2.89. The molecule has 1 heterocycles. The molecule has 0 aliphatic heterocycles. The molecular weight excluding hydrogens is 238 g/mol. The molecule has 0 amide bonds. The van der Waals surface area contributed by atoms with E-state index < -0.39 is 0 Å². The standard InChI is InChI=1S/C13H17NO2.ClH/c1-9(14)5-12-7-10(8-15-2)6-11-3-4-16-13(11)12;/h3-4,6-7,9H,5,8,14H2,1-2H3;1H. The van der Waals surface area contributed by atoms with E-state index in [2.05, 4.69) is 12.1 Å². The minimum atomic E-state index is 0. The summed E-state index contributed by atoms with van der Waals surface area (Å²) in [5.74, 6) is 0. The molecule has 0 saturated heterocycles. The van der Waals surface area contributed by atoms with Gasteiger partial charge >= 0.3 is 0 Å². The van der Waals surface area contributed by atoms with Crippen LogP contribution in [-0.2, 0) is 17.8 Å². The lowest BCUT2D eigenvalue weighted by atomic mass is 10.0. The minimum Gasteiger partial charge on any atom is -0.464 e. The molecule has 0 aliphatic carbocycles. The highest BCUT2D eigenvalue weighted by molar-refractivity contribution is 5.85. The Kier molecular flexibility index (Phi) is 5.00. The molecule has 0 fully saturated rings. The molecule has 1 unspecified atom stereocenters. The fourth-order valence-electron chi connectivity index (χ4n) is 1.97. The fourth-order valence-corrected chi connectivity index (χ4v) is 1.97. The van der Waals surface area contributed by atoms with Crippen LogP contribution in [-0.4, -0.2) is 13.2 Å². The van der Waals surface area contributed by atoms with E-state index in [4.69, 9.17) is 14.9 Å². The molecule has 94 valence electrons. The summed E-state index contributed by atoms with van der Waals surface area (Å²) in [6, 6.07) is 6.30. The summed E-state index contributed by atoms with van der Waals surface area (Å²) in [5, 5.41) is 1.12. The molecule has 1 aromatic carbocycles. The quantitative estimate of drug-likeness (QED) is 0.914. The molecule has 3 nitrogen and oxygen atoms in total. The van der Waals surface area contributed by atoms with Gasteiger partial charge in [-0.05, 0) is 42.7 Å². The van der Waals surface area contributed by atoms with E-state index in [-0.39, 0.29) is 18.4 Å². The lowest BCUT2D eigenvalue weighted by Gasteiger charge is -2.08. The average Bonchev–Trinajstić information content (AvgIpc) is 2.65. The highest BCUT2D eigenvalue weighted by Gasteiger charge is 2.08. The zero-order valence-corrected chi connectivity index (χ0v) is 10.9. The summed E-state index contributed by atoms with van der Waals surface area (Å²) in [6.45, 7) is 2.62. The van der Waals surface area contributed by atoms with E-state index >= 15 is 0 Å². The third kappa shape index (κ3) is 3.22. The first kappa shape index (κ1) is 14.0. The number of fused-ring (bicyclic) bond motifs is 1. The number of rotatable bonds is 4. The first-order valence-corrected chi connectivity index (χ1v) is 5.44. The smallest absolute Gasteiger partial charge is 0.137 e. The van der Waals surface area contributed by atoms with Crippen molar-refractivity contribution < 1.29 is 9.15 Å². The Bertz CT molecular complexity index is 479. The van der Waals surface area contributed by atoms with Gasteiger partial charge in [0.25, 0.3) is 0 Å². The second kappa shape index (κ2) is 6.05.